The maximum atomic E-state index is 11.8. The molecule has 0 spiro atoms. The van der Waals surface area contributed by atoms with Crippen LogP contribution >= 0.6 is 0 Å². The molecular weight excluding hydrogens is 306 g/mol. The number of nitrogens with zero attached hydrogens (tertiary/aromatic N) is 3. The van der Waals surface area contributed by atoms with Crippen LogP contribution in [0.2, 0.25) is 0 Å². The average molecular weight is 325 g/mol. The molecule has 6 heteroatoms. The van der Waals surface area contributed by atoms with Crippen molar-refractivity contribution in [2.45, 2.75) is 19.3 Å². The number of hydrogen-bond donors (Lipinski definition) is 1. The van der Waals surface area contributed by atoms with Crippen LogP contribution in [-0.4, -0.2) is 34.1 Å². The summed E-state index contributed by atoms with van der Waals surface area (Å²) in [5.74, 6) is 1.20. The predicted molar refractivity (Wildman–Crippen MR) is 88.2 cm³/mol. The minimum absolute atomic E-state index is 0.178. The van der Waals surface area contributed by atoms with Gasteiger partial charge in [0, 0.05) is 25.4 Å². The van der Waals surface area contributed by atoms with Crippen LogP contribution in [-0.2, 0) is 4.79 Å². The summed E-state index contributed by atoms with van der Waals surface area (Å²) in [7, 11) is 0. The Kier molecular flexibility index (Phi) is 3.59. The number of benzene rings is 1. The molecule has 0 unspecified atom stereocenters. The van der Waals surface area contributed by atoms with E-state index in [9.17, 15) is 9.90 Å². The molecule has 2 fully saturated rings. The molecule has 24 heavy (non-hydrogen) atoms. The van der Waals surface area contributed by atoms with E-state index in [0.29, 0.717) is 30.7 Å². The van der Waals surface area contributed by atoms with Gasteiger partial charge in [0.25, 0.3) is 0 Å². The first kappa shape index (κ1) is 14.9. The zero-order chi connectivity index (χ0) is 16.6. The first-order valence-corrected chi connectivity index (χ1v) is 8.22. The molecule has 124 valence electrons. The number of aliphatic carboxylic acids is 1. The first-order chi connectivity index (χ1) is 11.7. The highest BCUT2D eigenvalue weighted by atomic mass is 16.5. The molecule has 0 amide bonds. The quantitative estimate of drug-likeness (QED) is 0.931. The van der Waals surface area contributed by atoms with E-state index in [4.69, 9.17) is 4.74 Å². The van der Waals surface area contributed by atoms with Crippen LogP contribution in [0.25, 0.3) is 0 Å². The molecule has 2 aromatic rings. The molecule has 0 radical (unpaired) electrons. The molecule has 2 aliphatic rings. The fraction of sp³-hybridized carbons (Fsp3) is 0.389. The van der Waals surface area contributed by atoms with Gasteiger partial charge in [-0.2, -0.15) is 4.98 Å². The third-order valence-electron chi connectivity index (χ3n) is 5.16. The summed E-state index contributed by atoms with van der Waals surface area (Å²) in [6.45, 7) is 1.17. The second-order valence-corrected chi connectivity index (χ2v) is 6.54. The number of aromatic nitrogens is 2. The Morgan fingerprint density at radius 3 is 2.88 bits per heavy atom. The van der Waals surface area contributed by atoms with E-state index < -0.39 is 11.4 Å². The number of carboxylic acids is 1. The third-order valence-corrected chi connectivity index (χ3v) is 5.16. The van der Waals surface area contributed by atoms with E-state index in [0.717, 1.165) is 19.3 Å². The SMILES string of the molecule is O=C(O)[C@@]12CCC[C@H]1CN(c1nccc(Oc3ccccc3)n1)C2. The van der Waals surface area contributed by atoms with Gasteiger partial charge in [-0.25, -0.2) is 4.98 Å². The predicted octanol–water partition coefficient (Wildman–Crippen LogP) is 2.96. The van der Waals surface area contributed by atoms with Crippen molar-refractivity contribution in [1.29, 1.82) is 0 Å². The highest BCUT2D eigenvalue weighted by Crippen LogP contribution is 2.49. The number of anilines is 1. The van der Waals surface area contributed by atoms with Gasteiger partial charge in [-0.15, -0.1) is 0 Å². The summed E-state index contributed by atoms with van der Waals surface area (Å²) in [6.07, 6.45) is 4.34. The fourth-order valence-electron chi connectivity index (χ4n) is 3.94. The Balaban J connectivity index is 1.55. The summed E-state index contributed by atoms with van der Waals surface area (Å²) in [4.78, 5) is 22.6. The van der Waals surface area contributed by atoms with E-state index >= 15 is 0 Å². The molecule has 1 aliphatic heterocycles. The Morgan fingerprint density at radius 1 is 1.29 bits per heavy atom. The number of carbonyl (C=O) groups is 1. The lowest BCUT2D eigenvalue weighted by atomic mass is 9.81. The topological polar surface area (TPSA) is 75.5 Å². The maximum absolute atomic E-state index is 11.8. The number of para-hydroxylation sites is 1. The summed E-state index contributed by atoms with van der Waals surface area (Å²) >= 11 is 0. The van der Waals surface area contributed by atoms with Crippen molar-refractivity contribution in [3.8, 4) is 11.6 Å². The number of carboxylic acid groups (broad SMARTS) is 1. The van der Waals surface area contributed by atoms with Gasteiger partial charge in [0.2, 0.25) is 11.8 Å². The summed E-state index contributed by atoms with van der Waals surface area (Å²) in [5.41, 5.74) is -0.639. The largest absolute Gasteiger partial charge is 0.481 e. The number of ether oxygens (including phenoxy) is 1. The van der Waals surface area contributed by atoms with Gasteiger partial charge >= 0.3 is 5.97 Å². The van der Waals surface area contributed by atoms with Gasteiger partial charge in [-0.1, -0.05) is 24.6 Å². The van der Waals surface area contributed by atoms with Crippen molar-refractivity contribution in [3.05, 3.63) is 42.6 Å². The molecule has 1 aromatic carbocycles. The molecule has 1 aliphatic carbocycles. The molecular formula is C18H19N3O3. The van der Waals surface area contributed by atoms with Crippen molar-refractivity contribution in [2.24, 2.45) is 11.3 Å². The number of rotatable bonds is 4. The zero-order valence-corrected chi connectivity index (χ0v) is 13.3. The van der Waals surface area contributed by atoms with Crippen molar-refractivity contribution < 1.29 is 14.6 Å². The van der Waals surface area contributed by atoms with Crippen molar-refractivity contribution in [2.75, 3.05) is 18.0 Å². The van der Waals surface area contributed by atoms with Gasteiger partial charge in [0.1, 0.15) is 5.75 Å². The highest BCUT2D eigenvalue weighted by Gasteiger charge is 2.55. The van der Waals surface area contributed by atoms with Crippen molar-refractivity contribution in [3.63, 3.8) is 0 Å². The van der Waals surface area contributed by atoms with E-state index in [-0.39, 0.29) is 5.92 Å². The molecule has 2 heterocycles. The lowest BCUT2D eigenvalue weighted by molar-refractivity contribution is -0.149. The van der Waals surface area contributed by atoms with Gasteiger partial charge in [0.05, 0.1) is 5.41 Å². The lowest BCUT2D eigenvalue weighted by Gasteiger charge is -2.23. The van der Waals surface area contributed by atoms with Crippen LogP contribution in [0.1, 0.15) is 19.3 Å². The van der Waals surface area contributed by atoms with Crippen LogP contribution in [0.4, 0.5) is 5.95 Å². The molecule has 1 N–H and O–H groups in total. The second-order valence-electron chi connectivity index (χ2n) is 6.54. The maximum Gasteiger partial charge on any atom is 0.311 e. The zero-order valence-electron chi connectivity index (χ0n) is 13.3. The van der Waals surface area contributed by atoms with Crippen LogP contribution in [0.3, 0.4) is 0 Å². The minimum atomic E-state index is -0.691. The molecule has 2 atom stereocenters. The van der Waals surface area contributed by atoms with Crippen LogP contribution < -0.4 is 9.64 Å². The summed E-state index contributed by atoms with van der Waals surface area (Å²) in [6, 6.07) is 11.2. The second kappa shape index (κ2) is 5.78. The number of fused-ring (bicyclic) bond motifs is 1. The number of hydrogen-bond acceptors (Lipinski definition) is 5. The Morgan fingerprint density at radius 2 is 2.12 bits per heavy atom. The van der Waals surface area contributed by atoms with Gasteiger partial charge in [-0.05, 0) is 30.9 Å². The van der Waals surface area contributed by atoms with Crippen LogP contribution in [0.15, 0.2) is 42.6 Å². The normalized spacial score (nSPS) is 25.5. The van der Waals surface area contributed by atoms with E-state index in [1.54, 1.807) is 12.3 Å². The van der Waals surface area contributed by atoms with E-state index in [1.165, 1.54) is 0 Å². The van der Waals surface area contributed by atoms with Gasteiger partial charge in [-0.3, -0.25) is 4.79 Å². The van der Waals surface area contributed by atoms with E-state index in [2.05, 4.69) is 9.97 Å². The molecule has 1 saturated carbocycles. The summed E-state index contributed by atoms with van der Waals surface area (Å²) < 4.78 is 5.75. The molecule has 0 bridgehead atoms. The summed E-state index contributed by atoms with van der Waals surface area (Å²) in [5, 5.41) is 9.70. The molecule has 4 rings (SSSR count). The van der Waals surface area contributed by atoms with Gasteiger partial charge < -0.3 is 14.7 Å². The Hall–Kier alpha value is -2.63. The third kappa shape index (κ3) is 2.48. The average Bonchev–Trinajstić information content (AvgIpc) is 3.14. The van der Waals surface area contributed by atoms with Crippen LogP contribution in [0, 0.1) is 11.3 Å². The Labute approximate surface area is 140 Å². The minimum Gasteiger partial charge on any atom is -0.481 e. The van der Waals surface area contributed by atoms with Crippen molar-refractivity contribution >= 4 is 11.9 Å². The molecule has 1 saturated heterocycles. The molecule has 6 nitrogen and oxygen atoms in total. The monoisotopic (exact) mass is 325 g/mol. The smallest absolute Gasteiger partial charge is 0.311 e. The highest BCUT2D eigenvalue weighted by molar-refractivity contribution is 5.77. The lowest BCUT2D eigenvalue weighted by Crippen LogP contribution is -2.36. The van der Waals surface area contributed by atoms with Crippen LogP contribution in [0.5, 0.6) is 11.6 Å². The van der Waals surface area contributed by atoms with Gasteiger partial charge in [0.15, 0.2) is 0 Å². The fourth-order valence-corrected chi connectivity index (χ4v) is 3.94. The first-order valence-electron chi connectivity index (χ1n) is 8.22. The van der Waals surface area contributed by atoms with Crippen molar-refractivity contribution in [1.82, 2.24) is 9.97 Å². The molecule has 1 aromatic heterocycles. The Bertz CT molecular complexity index is 752. The standard InChI is InChI=1S/C18H19N3O3/c22-16(23)18-9-4-5-13(18)11-21(12-18)17-19-10-8-15(20-17)24-14-6-2-1-3-7-14/h1-3,6-8,10,13H,4-5,9,11-12H2,(H,22,23)/t13-,18+/m0/s1. The van der Waals surface area contributed by atoms with E-state index in [1.807, 2.05) is 35.2 Å².